The van der Waals surface area contributed by atoms with Gasteiger partial charge < -0.3 is 19.3 Å². The highest BCUT2D eigenvalue weighted by atomic mass is 16.5. The summed E-state index contributed by atoms with van der Waals surface area (Å²) in [5.74, 6) is 1.65. The molecule has 23 heavy (non-hydrogen) atoms. The van der Waals surface area contributed by atoms with E-state index in [2.05, 4.69) is 10.5 Å². The summed E-state index contributed by atoms with van der Waals surface area (Å²) in [6.45, 7) is 7.90. The molecule has 6 heteroatoms. The Morgan fingerprint density at radius 1 is 1.43 bits per heavy atom. The van der Waals surface area contributed by atoms with Crippen molar-refractivity contribution in [1.29, 1.82) is 0 Å². The van der Waals surface area contributed by atoms with Gasteiger partial charge in [-0.15, -0.1) is 0 Å². The van der Waals surface area contributed by atoms with Crippen molar-refractivity contribution in [3.8, 4) is 11.5 Å². The predicted octanol–water partition coefficient (Wildman–Crippen LogP) is 3.27. The van der Waals surface area contributed by atoms with Gasteiger partial charge in [0.05, 0.1) is 18.0 Å². The van der Waals surface area contributed by atoms with Gasteiger partial charge in [0.25, 0.3) is 5.91 Å². The van der Waals surface area contributed by atoms with Crippen molar-refractivity contribution < 1.29 is 18.8 Å². The molecule has 1 amide bonds. The molecule has 1 aliphatic heterocycles. The van der Waals surface area contributed by atoms with Crippen LogP contribution in [0.4, 0.5) is 5.69 Å². The van der Waals surface area contributed by atoms with Crippen molar-refractivity contribution >= 4 is 11.6 Å². The SMILES string of the molecule is CCOc1cc2c(cc1NC(=O)c1c(C)noc1C)O[C@@H](C)C2. The molecule has 6 nitrogen and oxygen atoms in total. The van der Waals surface area contributed by atoms with Crippen LogP contribution in [0, 0.1) is 13.8 Å². The molecule has 1 aliphatic rings. The maximum atomic E-state index is 12.5. The topological polar surface area (TPSA) is 73.6 Å². The van der Waals surface area contributed by atoms with Crippen LogP contribution < -0.4 is 14.8 Å². The third kappa shape index (κ3) is 2.88. The molecule has 1 aromatic carbocycles. The number of nitrogens with one attached hydrogen (secondary N) is 1. The standard InChI is InChI=1S/C17H20N2O4/c1-5-21-15-7-12-6-9(2)22-14(12)8-13(15)18-17(20)16-10(3)19-23-11(16)4/h7-9H,5-6H2,1-4H3,(H,18,20)/t9-/m0/s1. The molecular weight excluding hydrogens is 296 g/mol. The quantitative estimate of drug-likeness (QED) is 0.937. The Balaban J connectivity index is 1.93. The van der Waals surface area contributed by atoms with E-state index in [1.165, 1.54) is 0 Å². The van der Waals surface area contributed by atoms with Crippen LogP contribution >= 0.6 is 0 Å². The molecule has 0 radical (unpaired) electrons. The Morgan fingerprint density at radius 2 is 2.22 bits per heavy atom. The number of benzene rings is 1. The van der Waals surface area contributed by atoms with E-state index in [1.54, 1.807) is 13.8 Å². The van der Waals surface area contributed by atoms with Crippen molar-refractivity contribution in [2.45, 2.75) is 40.2 Å². The highest BCUT2D eigenvalue weighted by Crippen LogP contribution is 2.38. The summed E-state index contributed by atoms with van der Waals surface area (Å²) < 4.78 is 16.5. The smallest absolute Gasteiger partial charge is 0.261 e. The number of ether oxygens (including phenoxy) is 2. The lowest BCUT2D eigenvalue weighted by Gasteiger charge is -2.13. The number of hydrogen-bond donors (Lipinski definition) is 1. The van der Waals surface area contributed by atoms with E-state index in [1.807, 2.05) is 26.0 Å². The minimum absolute atomic E-state index is 0.132. The average molecular weight is 316 g/mol. The minimum atomic E-state index is -0.270. The van der Waals surface area contributed by atoms with Gasteiger partial charge in [0.2, 0.25) is 0 Å². The lowest BCUT2D eigenvalue weighted by molar-refractivity contribution is 0.102. The fraction of sp³-hybridized carbons (Fsp3) is 0.412. The summed E-state index contributed by atoms with van der Waals surface area (Å²) in [6.07, 6.45) is 0.973. The van der Waals surface area contributed by atoms with Crippen LogP contribution in [0.3, 0.4) is 0 Å². The molecule has 0 saturated carbocycles. The summed E-state index contributed by atoms with van der Waals surface area (Å²) in [5.41, 5.74) is 2.69. The second kappa shape index (κ2) is 5.95. The normalized spacial score (nSPS) is 15.9. The van der Waals surface area contributed by atoms with Crippen molar-refractivity contribution in [3.63, 3.8) is 0 Å². The predicted molar refractivity (Wildman–Crippen MR) is 85.3 cm³/mol. The van der Waals surface area contributed by atoms with Crippen LogP contribution in [-0.2, 0) is 6.42 Å². The summed E-state index contributed by atoms with van der Waals surface area (Å²) >= 11 is 0. The van der Waals surface area contributed by atoms with Crippen LogP contribution in [0.2, 0.25) is 0 Å². The van der Waals surface area contributed by atoms with E-state index in [4.69, 9.17) is 14.0 Å². The van der Waals surface area contributed by atoms with E-state index in [0.717, 1.165) is 17.7 Å². The summed E-state index contributed by atoms with van der Waals surface area (Å²) in [7, 11) is 0. The van der Waals surface area contributed by atoms with Crippen LogP contribution in [0.5, 0.6) is 11.5 Å². The molecule has 1 N–H and O–H groups in total. The van der Waals surface area contributed by atoms with Crippen molar-refractivity contribution in [3.05, 3.63) is 34.7 Å². The molecule has 0 spiro atoms. The molecule has 0 unspecified atom stereocenters. The van der Waals surface area contributed by atoms with Gasteiger partial charge in [-0.1, -0.05) is 5.16 Å². The Bertz CT molecular complexity index is 732. The Hall–Kier alpha value is -2.50. The molecular formula is C17H20N2O4. The maximum absolute atomic E-state index is 12.5. The summed E-state index contributed by atoms with van der Waals surface area (Å²) in [5, 5.41) is 6.69. The second-order valence-corrected chi connectivity index (χ2v) is 5.67. The van der Waals surface area contributed by atoms with Crippen molar-refractivity contribution in [1.82, 2.24) is 5.16 Å². The fourth-order valence-electron chi connectivity index (χ4n) is 2.80. The number of carbonyl (C=O) groups excluding carboxylic acids is 1. The molecule has 0 fully saturated rings. The molecule has 1 atom stereocenters. The maximum Gasteiger partial charge on any atom is 0.261 e. The highest BCUT2D eigenvalue weighted by molar-refractivity contribution is 6.06. The first-order chi connectivity index (χ1) is 11.0. The monoisotopic (exact) mass is 316 g/mol. The fourth-order valence-corrected chi connectivity index (χ4v) is 2.80. The molecule has 2 aromatic rings. The number of rotatable bonds is 4. The third-order valence-electron chi connectivity index (χ3n) is 3.81. The number of aryl methyl sites for hydroxylation is 2. The van der Waals surface area contributed by atoms with Crippen LogP contribution in [-0.4, -0.2) is 23.8 Å². The van der Waals surface area contributed by atoms with Gasteiger partial charge in [0.1, 0.15) is 28.9 Å². The van der Waals surface area contributed by atoms with E-state index in [0.29, 0.717) is 35.1 Å². The molecule has 0 bridgehead atoms. The molecule has 0 saturated heterocycles. The Morgan fingerprint density at radius 3 is 2.87 bits per heavy atom. The van der Waals surface area contributed by atoms with Gasteiger partial charge in [-0.05, 0) is 33.8 Å². The van der Waals surface area contributed by atoms with Crippen LogP contribution in [0.1, 0.15) is 41.2 Å². The lowest BCUT2D eigenvalue weighted by Crippen LogP contribution is -2.14. The zero-order valence-electron chi connectivity index (χ0n) is 13.7. The van der Waals surface area contributed by atoms with E-state index in [9.17, 15) is 4.79 Å². The van der Waals surface area contributed by atoms with Crippen LogP contribution in [0.25, 0.3) is 0 Å². The number of fused-ring (bicyclic) bond motifs is 1. The van der Waals surface area contributed by atoms with Gasteiger partial charge in [0.15, 0.2) is 0 Å². The van der Waals surface area contributed by atoms with Gasteiger partial charge >= 0.3 is 0 Å². The van der Waals surface area contributed by atoms with Gasteiger partial charge in [0, 0.05) is 18.1 Å². The van der Waals surface area contributed by atoms with Gasteiger partial charge in [-0.3, -0.25) is 4.79 Å². The second-order valence-electron chi connectivity index (χ2n) is 5.67. The van der Waals surface area contributed by atoms with Crippen molar-refractivity contribution in [2.24, 2.45) is 0 Å². The molecule has 0 aliphatic carbocycles. The zero-order chi connectivity index (χ0) is 16.6. The molecule has 3 rings (SSSR count). The van der Waals surface area contributed by atoms with Crippen LogP contribution in [0.15, 0.2) is 16.7 Å². The summed E-state index contributed by atoms with van der Waals surface area (Å²) in [6, 6.07) is 3.76. The third-order valence-corrected chi connectivity index (χ3v) is 3.81. The zero-order valence-corrected chi connectivity index (χ0v) is 13.7. The molecule has 122 valence electrons. The Kier molecular flexibility index (Phi) is 3.98. The number of amides is 1. The molecule has 1 aromatic heterocycles. The number of hydrogen-bond acceptors (Lipinski definition) is 5. The number of anilines is 1. The number of nitrogens with zero attached hydrogens (tertiary/aromatic N) is 1. The minimum Gasteiger partial charge on any atom is -0.492 e. The first-order valence-electron chi connectivity index (χ1n) is 7.70. The summed E-state index contributed by atoms with van der Waals surface area (Å²) in [4.78, 5) is 12.5. The average Bonchev–Trinajstić information content (AvgIpc) is 3.00. The first kappa shape index (κ1) is 15.4. The Labute approximate surface area is 134 Å². The molecule has 2 heterocycles. The van der Waals surface area contributed by atoms with E-state index >= 15 is 0 Å². The highest BCUT2D eigenvalue weighted by Gasteiger charge is 2.24. The van der Waals surface area contributed by atoms with E-state index < -0.39 is 0 Å². The largest absolute Gasteiger partial charge is 0.492 e. The van der Waals surface area contributed by atoms with E-state index in [-0.39, 0.29) is 12.0 Å². The number of aromatic nitrogens is 1. The first-order valence-corrected chi connectivity index (χ1v) is 7.70. The lowest BCUT2D eigenvalue weighted by atomic mass is 10.1. The van der Waals surface area contributed by atoms with Crippen molar-refractivity contribution in [2.75, 3.05) is 11.9 Å². The van der Waals surface area contributed by atoms with Gasteiger partial charge in [-0.2, -0.15) is 0 Å². The van der Waals surface area contributed by atoms with Gasteiger partial charge in [-0.25, -0.2) is 0 Å². The number of carbonyl (C=O) groups is 1.